The summed E-state index contributed by atoms with van der Waals surface area (Å²) >= 11 is 5.84. The van der Waals surface area contributed by atoms with E-state index in [1.54, 1.807) is 24.3 Å². The second-order valence-corrected chi connectivity index (χ2v) is 5.98. The molecule has 2 aromatic rings. The quantitative estimate of drug-likeness (QED) is 0.780. The molecule has 1 aliphatic rings. The average Bonchev–Trinajstić information content (AvgIpc) is 2.99. The summed E-state index contributed by atoms with van der Waals surface area (Å²) in [5.41, 5.74) is 2.46. The highest BCUT2D eigenvalue weighted by Gasteiger charge is 2.21. The number of benzene rings is 1. The first-order valence-corrected chi connectivity index (χ1v) is 7.98. The number of rotatable bonds is 5. The lowest BCUT2D eigenvalue weighted by atomic mass is 10.1. The van der Waals surface area contributed by atoms with E-state index in [2.05, 4.69) is 20.8 Å². The number of halogens is 1. The van der Waals surface area contributed by atoms with Crippen molar-refractivity contribution in [1.82, 2.24) is 20.8 Å². The van der Waals surface area contributed by atoms with Crippen molar-refractivity contribution >= 4 is 17.5 Å². The molecule has 1 amide bonds. The van der Waals surface area contributed by atoms with Crippen LogP contribution in [0.5, 0.6) is 5.75 Å². The minimum atomic E-state index is -0.183. The van der Waals surface area contributed by atoms with Gasteiger partial charge in [-0.2, -0.15) is 5.10 Å². The van der Waals surface area contributed by atoms with Crippen LogP contribution in [0.25, 0.3) is 0 Å². The summed E-state index contributed by atoms with van der Waals surface area (Å²) in [4.78, 5) is 12.3. The molecule has 1 atom stereocenters. The second kappa shape index (κ2) is 7.02. The van der Waals surface area contributed by atoms with Crippen LogP contribution in [0.1, 0.15) is 28.7 Å². The van der Waals surface area contributed by atoms with E-state index in [0.717, 1.165) is 30.0 Å². The molecule has 7 heteroatoms. The normalized spacial score (nSPS) is 14.9. The van der Waals surface area contributed by atoms with E-state index in [-0.39, 0.29) is 12.0 Å². The highest BCUT2D eigenvalue weighted by atomic mass is 35.5. The van der Waals surface area contributed by atoms with Gasteiger partial charge in [0.1, 0.15) is 11.9 Å². The number of carbonyl (C=O) groups is 1. The number of hydrogen-bond acceptors (Lipinski definition) is 4. The number of carbonyl (C=O) groups excluding carboxylic acids is 1. The number of aromatic nitrogens is 2. The average molecular weight is 335 g/mol. The van der Waals surface area contributed by atoms with Crippen molar-refractivity contribution < 1.29 is 9.53 Å². The van der Waals surface area contributed by atoms with Crippen LogP contribution in [0, 0.1) is 0 Å². The van der Waals surface area contributed by atoms with Gasteiger partial charge in [0.25, 0.3) is 5.91 Å². The van der Waals surface area contributed by atoms with E-state index in [1.807, 2.05) is 6.92 Å². The molecule has 0 saturated heterocycles. The van der Waals surface area contributed by atoms with Gasteiger partial charge in [0.15, 0.2) is 5.69 Å². The largest absolute Gasteiger partial charge is 0.489 e. The van der Waals surface area contributed by atoms with E-state index in [4.69, 9.17) is 16.3 Å². The fourth-order valence-electron chi connectivity index (χ4n) is 2.52. The monoisotopic (exact) mass is 334 g/mol. The van der Waals surface area contributed by atoms with E-state index in [9.17, 15) is 4.79 Å². The first kappa shape index (κ1) is 15.8. The van der Waals surface area contributed by atoms with E-state index in [0.29, 0.717) is 23.8 Å². The van der Waals surface area contributed by atoms with Gasteiger partial charge >= 0.3 is 0 Å². The molecule has 0 bridgehead atoms. The molecule has 1 aromatic heterocycles. The zero-order valence-corrected chi connectivity index (χ0v) is 13.6. The minimum absolute atomic E-state index is 0.159. The van der Waals surface area contributed by atoms with Gasteiger partial charge in [-0.25, -0.2) is 0 Å². The summed E-state index contributed by atoms with van der Waals surface area (Å²) in [5.74, 6) is 0.537. The zero-order valence-electron chi connectivity index (χ0n) is 12.9. The number of ether oxygens (including phenoxy) is 1. The molecule has 3 rings (SSSR count). The van der Waals surface area contributed by atoms with E-state index >= 15 is 0 Å². The summed E-state index contributed by atoms with van der Waals surface area (Å²) < 4.78 is 5.74. The van der Waals surface area contributed by atoms with Gasteiger partial charge in [-0.1, -0.05) is 11.6 Å². The Morgan fingerprint density at radius 3 is 3.00 bits per heavy atom. The van der Waals surface area contributed by atoms with E-state index < -0.39 is 0 Å². The molecule has 0 saturated carbocycles. The Kier molecular flexibility index (Phi) is 4.83. The first-order valence-electron chi connectivity index (χ1n) is 7.60. The van der Waals surface area contributed by atoms with Crippen molar-refractivity contribution in [2.75, 3.05) is 13.1 Å². The maximum absolute atomic E-state index is 12.3. The number of nitrogens with zero attached hydrogens (tertiary/aromatic N) is 1. The molecule has 0 aliphatic carbocycles. The van der Waals surface area contributed by atoms with Gasteiger partial charge in [0.2, 0.25) is 0 Å². The van der Waals surface area contributed by atoms with Crippen molar-refractivity contribution in [1.29, 1.82) is 0 Å². The van der Waals surface area contributed by atoms with Crippen molar-refractivity contribution in [3.8, 4) is 5.75 Å². The van der Waals surface area contributed by atoms with Crippen LogP contribution in [0.4, 0.5) is 0 Å². The fraction of sp³-hybridized carbons (Fsp3) is 0.375. The molecule has 23 heavy (non-hydrogen) atoms. The molecular formula is C16H19ClN4O2. The summed E-state index contributed by atoms with van der Waals surface area (Å²) in [6.07, 6.45) is 0.708. The molecule has 0 fully saturated rings. The van der Waals surface area contributed by atoms with Crippen molar-refractivity contribution in [2.45, 2.75) is 26.0 Å². The SMILES string of the molecule is CC(CNC(=O)c1n[nH]c2c1CNCC2)Oc1ccc(Cl)cc1. The van der Waals surface area contributed by atoms with Crippen LogP contribution < -0.4 is 15.4 Å². The number of hydrogen-bond donors (Lipinski definition) is 3. The number of fused-ring (bicyclic) bond motifs is 1. The second-order valence-electron chi connectivity index (χ2n) is 5.55. The third-order valence-corrected chi connectivity index (χ3v) is 3.97. The maximum Gasteiger partial charge on any atom is 0.272 e. The standard InChI is InChI=1S/C16H19ClN4O2/c1-10(23-12-4-2-11(17)3-5-12)8-19-16(22)15-13-9-18-7-6-14(13)20-21-15/h2-5,10,18H,6-9H2,1H3,(H,19,22)(H,20,21). The van der Waals surface area contributed by atoms with Crippen LogP contribution in [0.2, 0.25) is 5.02 Å². The summed E-state index contributed by atoms with van der Waals surface area (Å²) in [7, 11) is 0. The highest BCUT2D eigenvalue weighted by molar-refractivity contribution is 6.30. The Morgan fingerprint density at radius 2 is 2.22 bits per heavy atom. The lowest BCUT2D eigenvalue weighted by Crippen LogP contribution is -2.35. The van der Waals surface area contributed by atoms with Gasteiger partial charge in [-0.3, -0.25) is 9.89 Å². The third kappa shape index (κ3) is 3.83. The predicted octanol–water partition coefficient (Wildman–Crippen LogP) is 1.91. The Labute approximate surface area is 139 Å². The third-order valence-electron chi connectivity index (χ3n) is 3.72. The van der Waals surface area contributed by atoms with Gasteiger partial charge < -0.3 is 15.4 Å². The predicted molar refractivity (Wildman–Crippen MR) is 87.9 cm³/mol. The van der Waals surface area contributed by atoms with Crippen LogP contribution in [0.15, 0.2) is 24.3 Å². The Bertz CT molecular complexity index is 684. The maximum atomic E-state index is 12.3. The topological polar surface area (TPSA) is 79.0 Å². The van der Waals surface area contributed by atoms with Crippen molar-refractivity contribution in [3.05, 3.63) is 46.2 Å². The molecule has 1 aliphatic heterocycles. The summed E-state index contributed by atoms with van der Waals surface area (Å²) in [6, 6.07) is 7.14. The van der Waals surface area contributed by atoms with Gasteiger partial charge in [-0.05, 0) is 31.2 Å². The molecule has 122 valence electrons. The molecule has 6 nitrogen and oxygen atoms in total. The molecule has 3 N–H and O–H groups in total. The number of H-pyrrole nitrogens is 1. The first-order chi connectivity index (χ1) is 11.1. The minimum Gasteiger partial charge on any atom is -0.489 e. The molecule has 0 radical (unpaired) electrons. The number of aromatic amines is 1. The fourth-order valence-corrected chi connectivity index (χ4v) is 2.65. The molecule has 0 spiro atoms. The summed E-state index contributed by atoms with van der Waals surface area (Å²) in [6.45, 7) is 3.88. The number of amides is 1. The summed E-state index contributed by atoms with van der Waals surface area (Å²) in [5, 5.41) is 13.9. The highest BCUT2D eigenvalue weighted by Crippen LogP contribution is 2.17. The van der Waals surface area contributed by atoms with E-state index in [1.165, 1.54) is 0 Å². The molecular weight excluding hydrogens is 316 g/mol. The Hall–Kier alpha value is -2.05. The van der Waals surface area contributed by atoms with Crippen LogP contribution >= 0.6 is 11.6 Å². The zero-order chi connectivity index (χ0) is 16.2. The number of nitrogens with one attached hydrogen (secondary N) is 3. The lowest BCUT2D eigenvalue weighted by Gasteiger charge is -2.16. The van der Waals surface area contributed by atoms with Crippen LogP contribution in [-0.2, 0) is 13.0 Å². The van der Waals surface area contributed by atoms with Crippen molar-refractivity contribution in [3.63, 3.8) is 0 Å². The van der Waals surface area contributed by atoms with Gasteiger partial charge in [0.05, 0.1) is 6.54 Å². The molecule has 1 aromatic carbocycles. The molecule has 1 unspecified atom stereocenters. The lowest BCUT2D eigenvalue weighted by molar-refractivity contribution is 0.0926. The Morgan fingerprint density at radius 1 is 1.43 bits per heavy atom. The Balaban J connectivity index is 1.54. The van der Waals surface area contributed by atoms with Crippen LogP contribution in [0.3, 0.4) is 0 Å². The van der Waals surface area contributed by atoms with Gasteiger partial charge in [0, 0.05) is 35.8 Å². The van der Waals surface area contributed by atoms with Crippen LogP contribution in [-0.4, -0.2) is 35.3 Å². The molecule has 2 heterocycles. The van der Waals surface area contributed by atoms with Crippen molar-refractivity contribution in [2.24, 2.45) is 0 Å². The smallest absolute Gasteiger partial charge is 0.272 e. The van der Waals surface area contributed by atoms with Gasteiger partial charge in [-0.15, -0.1) is 0 Å².